The molecule has 162 valence electrons. The molecule has 0 radical (unpaired) electrons. The van der Waals surface area contributed by atoms with Gasteiger partial charge in [-0.05, 0) is 56.9 Å². The van der Waals surface area contributed by atoms with E-state index in [4.69, 9.17) is 4.98 Å². The van der Waals surface area contributed by atoms with Crippen molar-refractivity contribution in [3.05, 3.63) is 63.4 Å². The second-order valence-electron chi connectivity index (χ2n) is 8.29. The average Bonchev–Trinajstić information content (AvgIpc) is 2.77. The van der Waals surface area contributed by atoms with E-state index < -0.39 is 5.97 Å². The van der Waals surface area contributed by atoms with E-state index in [1.165, 1.54) is 6.42 Å². The lowest BCUT2D eigenvalue weighted by molar-refractivity contribution is 0.0698. The molecule has 1 fully saturated rings. The van der Waals surface area contributed by atoms with Crippen molar-refractivity contribution in [3.8, 4) is 0 Å². The van der Waals surface area contributed by atoms with Crippen molar-refractivity contribution in [2.24, 2.45) is 7.05 Å². The van der Waals surface area contributed by atoms with Gasteiger partial charge in [0.05, 0.1) is 22.5 Å². The maximum absolute atomic E-state index is 13.2. The lowest BCUT2D eigenvalue weighted by atomic mass is 10.0. The number of hydrogen-bond acceptors (Lipinski definition) is 5. The normalized spacial score (nSPS) is 15.1. The van der Waals surface area contributed by atoms with E-state index in [0.29, 0.717) is 22.5 Å². The number of hydrogen-bond donors (Lipinski definition) is 2. The van der Waals surface area contributed by atoms with Crippen LogP contribution in [0.5, 0.6) is 0 Å². The molecule has 7 nitrogen and oxygen atoms in total. The molecular weight excluding hydrogens is 392 g/mol. The minimum atomic E-state index is -0.983. The molecule has 0 spiro atoms. The molecule has 4 rings (SSSR count). The fourth-order valence-corrected chi connectivity index (χ4v) is 4.35. The molecule has 0 amide bonds. The number of benzene rings is 2. The standard InChI is InChI=1S/C24H28N4O3/c1-15-13-18(16(2)25-20-10-6-5-9-17(20)23(30)31)21-19(14-15)22(29)27(3)24(26-21)28-11-7-4-8-12-28/h5-6,9-10,13-14,16,25H,4,7-8,11-12H2,1-3H3,(H,30,31)/t16-/m1/s1. The Bertz CT molecular complexity index is 1200. The molecular formula is C24H28N4O3. The Morgan fingerprint density at radius 3 is 2.58 bits per heavy atom. The fraction of sp³-hybridized carbons (Fsp3) is 0.375. The summed E-state index contributed by atoms with van der Waals surface area (Å²) >= 11 is 0. The highest BCUT2D eigenvalue weighted by Crippen LogP contribution is 2.29. The number of carboxylic acid groups (broad SMARTS) is 1. The number of rotatable bonds is 5. The molecule has 2 N–H and O–H groups in total. The Morgan fingerprint density at radius 2 is 1.87 bits per heavy atom. The Balaban J connectivity index is 1.83. The summed E-state index contributed by atoms with van der Waals surface area (Å²) in [5, 5.41) is 13.4. The summed E-state index contributed by atoms with van der Waals surface area (Å²) in [6, 6.07) is 10.5. The van der Waals surface area contributed by atoms with Crippen LogP contribution >= 0.6 is 0 Å². The Hall–Kier alpha value is -3.35. The first-order valence-electron chi connectivity index (χ1n) is 10.7. The molecule has 1 saturated heterocycles. The monoisotopic (exact) mass is 420 g/mol. The maximum Gasteiger partial charge on any atom is 0.337 e. The molecule has 7 heteroatoms. The number of carbonyl (C=O) groups is 1. The first kappa shape index (κ1) is 20.9. The van der Waals surface area contributed by atoms with Crippen molar-refractivity contribution in [1.29, 1.82) is 0 Å². The van der Waals surface area contributed by atoms with Crippen molar-refractivity contribution in [2.75, 3.05) is 23.3 Å². The highest BCUT2D eigenvalue weighted by Gasteiger charge is 2.21. The molecule has 1 aliphatic rings. The van der Waals surface area contributed by atoms with E-state index in [2.05, 4.69) is 10.2 Å². The van der Waals surface area contributed by atoms with Crippen molar-refractivity contribution in [3.63, 3.8) is 0 Å². The molecule has 0 unspecified atom stereocenters. The molecule has 1 aliphatic heterocycles. The minimum absolute atomic E-state index is 0.0614. The van der Waals surface area contributed by atoms with Crippen LogP contribution in [0, 0.1) is 6.92 Å². The summed E-state index contributed by atoms with van der Waals surface area (Å²) in [4.78, 5) is 32.0. The molecule has 31 heavy (non-hydrogen) atoms. The molecule has 0 aliphatic carbocycles. The van der Waals surface area contributed by atoms with Crippen LogP contribution in [0.4, 0.5) is 11.6 Å². The van der Waals surface area contributed by atoms with Crippen LogP contribution in [0.2, 0.25) is 0 Å². The number of para-hydroxylation sites is 1. The summed E-state index contributed by atoms with van der Waals surface area (Å²) in [6.07, 6.45) is 3.39. The molecule has 1 aromatic heterocycles. The van der Waals surface area contributed by atoms with Crippen LogP contribution in [0.3, 0.4) is 0 Å². The number of aryl methyl sites for hydroxylation is 1. The van der Waals surface area contributed by atoms with Crippen molar-refractivity contribution in [2.45, 2.75) is 39.2 Å². The third-order valence-electron chi connectivity index (χ3n) is 5.97. The SMILES string of the molecule is Cc1cc([C@@H](C)Nc2ccccc2C(=O)O)c2nc(N3CCCCC3)n(C)c(=O)c2c1. The Labute approximate surface area is 181 Å². The van der Waals surface area contributed by atoms with E-state index in [-0.39, 0.29) is 17.2 Å². The molecule has 3 aromatic rings. The quantitative estimate of drug-likeness (QED) is 0.646. The summed E-state index contributed by atoms with van der Waals surface area (Å²) in [7, 11) is 1.78. The smallest absolute Gasteiger partial charge is 0.337 e. The summed E-state index contributed by atoms with van der Waals surface area (Å²) in [5.41, 5.74) is 3.20. The van der Waals surface area contributed by atoms with Crippen LogP contribution in [0.25, 0.3) is 10.9 Å². The van der Waals surface area contributed by atoms with E-state index in [1.807, 2.05) is 26.0 Å². The zero-order valence-electron chi connectivity index (χ0n) is 18.2. The highest BCUT2D eigenvalue weighted by molar-refractivity contribution is 5.94. The van der Waals surface area contributed by atoms with Gasteiger partial charge in [-0.2, -0.15) is 0 Å². The Kier molecular flexibility index (Phi) is 5.67. The summed E-state index contributed by atoms with van der Waals surface area (Å²) in [5.74, 6) is -0.288. The van der Waals surface area contributed by atoms with Gasteiger partial charge in [0.15, 0.2) is 0 Å². The predicted octanol–water partition coefficient (Wildman–Crippen LogP) is 4.10. The van der Waals surface area contributed by atoms with Crippen molar-refractivity contribution in [1.82, 2.24) is 9.55 Å². The van der Waals surface area contributed by atoms with Gasteiger partial charge in [-0.15, -0.1) is 0 Å². The van der Waals surface area contributed by atoms with Crippen LogP contribution < -0.4 is 15.8 Å². The van der Waals surface area contributed by atoms with Gasteiger partial charge in [0.1, 0.15) is 0 Å². The largest absolute Gasteiger partial charge is 0.478 e. The number of fused-ring (bicyclic) bond motifs is 1. The predicted molar refractivity (Wildman–Crippen MR) is 123 cm³/mol. The van der Waals surface area contributed by atoms with Gasteiger partial charge >= 0.3 is 5.97 Å². The third kappa shape index (κ3) is 4.00. The number of piperidine rings is 1. The molecule has 1 atom stereocenters. The van der Waals surface area contributed by atoms with Crippen molar-refractivity contribution < 1.29 is 9.90 Å². The number of anilines is 2. The Morgan fingerprint density at radius 1 is 1.16 bits per heavy atom. The number of nitrogens with one attached hydrogen (secondary N) is 1. The number of nitrogens with zero attached hydrogens (tertiary/aromatic N) is 3. The first-order valence-corrected chi connectivity index (χ1v) is 10.7. The molecule has 0 saturated carbocycles. The van der Waals surface area contributed by atoms with E-state index in [1.54, 1.807) is 35.9 Å². The molecule has 0 bridgehead atoms. The molecule has 2 heterocycles. The highest BCUT2D eigenvalue weighted by atomic mass is 16.4. The molecule has 2 aromatic carbocycles. The second kappa shape index (κ2) is 8.41. The maximum atomic E-state index is 13.2. The van der Waals surface area contributed by atoms with Gasteiger partial charge in [-0.1, -0.05) is 18.2 Å². The van der Waals surface area contributed by atoms with E-state index >= 15 is 0 Å². The number of aromatic nitrogens is 2. The van der Waals surface area contributed by atoms with Gasteiger partial charge in [-0.25, -0.2) is 9.78 Å². The van der Waals surface area contributed by atoms with Crippen LogP contribution in [0.1, 0.15) is 53.7 Å². The topological polar surface area (TPSA) is 87.5 Å². The summed E-state index contributed by atoms with van der Waals surface area (Å²) < 4.78 is 1.65. The van der Waals surface area contributed by atoms with Gasteiger partial charge in [0, 0.05) is 31.4 Å². The lowest BCUT2D eigenvalue weighted by Crippen LogP contribution is -2.35. The lowest BCUT2D eigenvalue weighted by Gasteiger charge is -2.29. The van der Waals surface area contributed by atoms with Gasteiger partial charge in [-0.3, -0.25) is 9.36 Å². The van der Waals surface area contributed by atoms with Gasteiger partial charge in [0.2, 0.25) is 5.95 Å². The zero-order valence-corrected chi connectivity index (χ0v) is 18.2. The van der Waals surface area contributed by atoms with Crippen LogP contribution in [-0.4, -0.2) is 33.7 Å². The number of aromatic carboxylic acids is 1. The van der Waals surface area contributed by atoms with Crippen molar-refractivity contribution >= 4 is 28.5 Å². The zero-order chi connectivity index (χ0) is 22.1. The minimum Gasteiger partial charge on any atom is -0.478 e. The van der Waals surface area contributed by atoms with Crippen LogP contribution in [-0.2, 0) is 7.05 Å². The average molecular weight is 421 g/mol. The van der Waals surface area contributed by atoms with Gasteiger partial charge < -0.3 is 15.3 Å². The number of carboxylic acids is 1. The van der Waals surface area contributed by atoms with Crippen LogP contribution in [0.15, 0.2) is 41.2 Å². The third-order valence-corrected chi connectivity index (χ3v) is 5.97. The van der Waals surface area contributed by atoms with E-state index in [9.17, 15) is 14.7 Å². The first-order chi connectivity index (χ1) is 14.9. The second-order valence-corrected chi connectivity index (χ2v) is 8.29. The van der Waals surface area contributed by atoms with E-state index in [0.717, 1.165) is 37.1 Å². The van der Waals surface area contributed by atoms with Gasteiger partial charge in [0.25, 0.3) is 5.56 Å². The fourth-order valence-electron chi connectivity index (χ4n) is 4.35. The summed E-state index contributed by atoms with van der Waals surface area (Å²) in [6.45, 7) is 5.71.